The molecule has 2 aliphatic heterocycles. The Bertz CT molecular complexity index is 244. The van der Waals surface area contributed by atoms with E-state index < -0.39 is 0 Å². The van der Waals surface area contributed by atoms with Gasteiger partial charge in [-0.2, -0.15) is 0 Å². The maximum atomic E-state index is 5.42. The standard InChI is InChI=1S/C15H31N3O/c1-3-5-16-11-15-4-6-18(13-15)14(2)12-17-7-9-19-10-8-17/h14-16H,3-13H2,1-2H3. The van der Waals surface area contributed by atoms with Crippen LogP contribution in [0, 0.1) is 5.92 Å². The van der Waals surface area contributed by atoms with Gasteiger partial charge in [0.2, 0.25) is 0 Å². The van der Waals surface area contributed by atoms with E-state index in [9.17, 15) is 0 Å². The van der Waals surface area contributed by atoms with Crippen molar-refractivity contribution in [3.8, 4) is 0 Å². The van der Waals surface area contributed by atoms with Crippen LogP contribution in [0.4, 0.5) is 0 Å². The molecular formula is C15H31N3O. The van der Waals surface area contributed by atoms with Crippen LogP contribution in [0.15, 0.2) is 0 Å². The zero-order chi connectivity index (χ0) is 13.5. The van der Waals surface area contributed by atoms with Gasteiger partial charge in [-0.1, -0.05) is 6.92 Å². The molecule has 2 atom stereocenters. The lowest BCUT2D eigenvalue weighted by molar-refractivity contribution is 0.0263. The van der Waals surface area contributed by atoms with Gasteiger partial charge in [0, 0.05) is 32.2 Å². The lowest BCUT2D eigenvalue weighted by atomic mass is 10.1. The van der Waals surface area contributed by atoms with Gasteiger partial charge in [-0.05, 0) is 45.3 Å². The fraction of sp³-hybridized carbons (Fsp3) is 1.00. The zero-order valence-electron chi connectivity index (χ0n) is 12.7. The first-order valence-corrected chi connectivity index (χ1v) is 8.04. The molecule has 2 aliphatic rings. The third-order valence-electron chi connectivity index (χ3n) is 4.43. The molecule has 2 rings (SSSR count). The van der Waals surface area contributed by atoms with E-state index in [0.29, 0.717) is 6.04 Å². The molecule has 1 N–H and O–H groups in total. The molecule has 2 saturated heterocycles. The summed E-state index contributed by atoms with van der Waals surface area (Å²) in [5.74, 6) is 0.860. The van der Waals surface area contributed by atoms with Gasteiger partial charge < -0.3 is 10.1 Å². The zero-order valence-corrected chi connectivity index (χ0v) is 12.7. The van der Waals surface area contributed by atoms with Crippen LogP contribution >= 0.6 is 0 Å². The van der Waals surface area contributed by atoms with E-state index >= 15 is 0 Å². The van der Waals surface area contributed by atoms with Crippen molar-refractivity contribution in [1.29, 1.82) is 0 Å². The van der Waals surface area contributed by atoms with Crippen molar-refractivity contribution in [2.24, 2.45) is 5.92 Å². The maximum Gasteiger partial charge on any atom is 0.0594 e. The lowest BCUT2D eigenvalue weighted by Gasteiger charge is -2.33. The fourth-order valence-corrected chi connectivity index (χ4v) is 3.19. The Hall–Kier alpha value is -0.160. The van der Waals surface area contributed by atoms with Gasteiger partial charge in [-0.15, -0.1) is 0 Å². The fourth-order valence-electron chi connectivity index (χ4n) is 3.19. The van der Waals surface area contributed by atoms with E-state index in [0.717, 1.165) is 32.2 Å². The Labute approximate surface area is 118 Å². The molecule has 0 radical (unpaired) electrons. The van der Waals surface area contributed by atoms with Crippen LogP contribution < -0.4 is 5.32 Å². The van der Waals surface area contributed by atoms with Gasteiger partial charge >= 0.3 is 0 Å². The summed E-state index contributed by atoms with van der Waals surface area (Å²) < 4.78 is 5.42. The number of rotatable bonds is 7. The number of nitrogens with one attached hydrogen (secondary N) is 1. The van der Waals surface area contributed by atoms with E-state index in [-0.39, 0.29) is 0 Å². The molecule has 0 bridgehead atoms. The summed E-state index contributed by atoms with van der Waals surface area (Å²) in [5.41, 5.74) is 0. The molecule has 19 heavy (non-hydrogen) atoms. The first-order valence-electron chi connectivity index (χ1n) is 8.04. The number of hydrogen-bond donors (Lipinski definition) is 1. The van der Waals surface area contributed by atoms with E-state index in [1.807, 2.05) is 0 Å². The Kier molecular flexibility index (Phi) is 6.57. The van der Waals surface area contributed by atoms with Gasteiger partial charge in [0.05, 0.1) is 13.2 Å². The van der Waals surface area contributed by atoms with Crippen molar-refractivity contribution >= 4 is 0 Å². The van der Waals surface area contributed by atoms with Crippen molar-refractivity contribution in [2.45, 2.75) is 32.7 Å². The average Bonchev–Trinajstić information content (AvgIpc) is 2.89. The SMILES string of the molecule is CCCNCC1CCN(C(C)CN2CCOCC2)C1. The summed E-state index contributed by atoms with van der Waals surface area (Å²) in [6, 6.07) is 0.689. The molecule has 0 aromatic heterocycles. The van der Waals surface area contributed by atoms with E-state index in [2.05, 4.69) is 29.0 Å². The molecule has 0 amide bonds. The number of likely N-dealkylation sites (tertiary alicyclic amines) is 1. The summed E-state index contributed by atoms with van der Waals surface area (Å²) in [5, 5.41) is 3.56. The molecule has 112 valence electrons. The van der Waals surface area contributed by atoms with Crippen LogP contribution in [0.5, 0.6) is 0 Å². The number of hydrogen-bond acceptors (Lipinski definition) is 4. The second-order valence-electron chi connectivity index (χ2n) is 6.12. The van der Waals surface area contributed by atoms with Gasteiger partial charge in [0.25, 0.3) is 0 Å². The third kappa shape index (κ3) is 5.03. The van der Waals surface area contributed by atoms with Gasteiger partial charge in [0.1, 0.15) is 0 Å². The molecule has 2 heterocycles. The first-order chi connectivity index (χ1) is 9.29. The van der Waals surface area contributed by atoms with Crippen LogP contribution in [0.25, 0.3) is 0 Å². The third-order valence-corrected chi connectivity index (χ3v) is 4.43. The van der Waals surface area contributed by atoms with Crippen molar-refractivity contribution in [2.75, 3.05) is 59.0 Å². The van der Waals surface area contributed by atoms with Crippen molar-refractivity contribution in [3.63, 3.8) is 0 Å². The normalized spacial score (nSPS) is 27.8. The van der Waals surface area contributed by atoms with Crippen LogP contribution in [0.2, 0.25) is 0 Å². The van der Waals surface area contributed by atoms with Crippen LogP contribution in [-0.2, 0) is 4.74 Å². The highest BCUT2D eigenvalue weighted by atomic mass is 16.5. The molecule has 4 nitrogen and oxygen atoms in total. The molecule has 0 saturated carbocycles. The van der Waals surface area contributed by atoms with Crippen LogP contribution in [0.3, 0.4) is 0 Å². The summed E-state index contributed by atoms with van der Waals surface area (Å²) in [4.78, 5) is 5.23. The van der Waals surface area contributed by atoms with E-state index in [1.54, 1.807) is 0 Å². The molecule has 0 aliphatic carbocycles. The second-order valence-corrected chi connectivity index (χ2v) is 6.12. The monoisotopic (exact) mass is 269 g/mol. The highest BCUT2D eigenvalue weighted by molar-refractivity contribution is 4.82. The number of ether oxygens (including phenoxy) is 1. The van der Waals surface area contributed by atoms with Crippen LogP contribution in [-0.4, -0.2) is 74.9 Å². The highest BCUT2D eigenvalue weighted by Gasteiger charge is 2.26. The molecule has 4 heteroatoms. The van der Waals surface area contributed by atoms with E-state index in [4.69, 9.17) is 4.74 Å². The number of nitrogens with zero attached hydrogens (tertiary/aromatic N) is 2. The first kappa shape index (κ1) is 15.2. The smallest absolute Gasteiger partial charge is 0.0594 e. The summed E-state index contributed by atoms with van der Waals surface area (Å²) in [6.45, 7) is 14.8. The maximum absolute atomic E-state index is 5.42. The van der Waals surface area contributed by atoms with Crippen molar-refractivity contribution in [1.82, 2.24) is 15.1 Å². The molecule has 2 unspecified atom stereocenters. The summed E-state index contributed by atoms with van der Waals surface area (Å²) in [7, 11) is 0. The Morgan fingerprint density at radius 3 is 2.79 bits per heavy atom. The second kappa shape index (κ2) is 8.20. The van der Waals surface area contributed by atoms with Crippen LogP contribution in [0.1, 0.15) is 26.7 Å². The summed E-state index contributed by atoms with van der Waals surface area (Å²) >= 11 is 0. The molecular weight excluding hydrogens is 238 g/mol. The minimum absolute atomic E-state index is 0.689. The quantitative estimate of drug-likeness (QED) is 0.699. The van der Waals surface area contributed by atoms with Gasteiger partial charge in [-0.3, -0.25) is 9.80 Å². The predicted molar refractivity (Wildman–Crippen MR) is 79.6 cm³/mol. The van der Waals surface area contributed by atoms with Crippen molar-refractivity contribution in [3.05, 3.63) is 0 Å². The minimum atomic E-state index is 0.689. The molecule has 0 spiro atoms. The Balaban J connectivity index is 1.64. The number of morpholine rings is 1. The minimum Gasteiger partial charge on any atom is -0.379 e. The molecule has 2 fully saturated rings. The predicted octanol–water partition coefficient (Wildman–Crippen LogP) is 1.03. The van der Waals surface area contributed by atoms with Gasteiger partial charge in [-0.25, -0.2) is 0 Å². The Morgan fingerprint density at radius 2 is 2.05 bits per heavy atom. The van der Waals surface area contributed by atoms with Gasteiger partial charge in [0.15, 0.2) is 0 Å². The highest BCUT2D eigenvalue weighted by Crippen LogP contribution is 2.18. The largest absolute Gasteiger partial charge is 0.379 e. The topological polar surface area (TPSA) is 27.7 Å². The molecule has 0 aromatic carbocycles. The van der Waals surface area contributed by atoms with E-state index in [1.165, 1.54) is 45.6 Å². The Morgan fingerprint density at radius 1 is 1.26 bits per heavy atom. The lowest BCUT2D eigenvalue weighted by Crippen LogP contribution is -2.45. The average molecular weight is 269 g/mol. The summed E-state index contributed by atoms with van der Waals surface area (Å²) in [6.07, 6.45) is 2.61. The molecule has 0 aromatic rings. The van der Waals surface area contributed by atoms with Crippen molar-refractivity contribution < 1.29 is 4.74 Å².